The topological polar surface area (TPSA) is 67.4 Å². The minimum absolute atomic E-state index is 0.0647. The Labute approximate surface area is 130 Å². The number of nitrogens with one attached hydrogen (secondary N) is 2. The number of amides is 1. The van der Waals surface area contributed by atoms with Crippen molar-refractivity contribution in [3.8, 4) is 0 Å². The zero-order valence-corrected chi connectivity index (χ0v) is 13.0. The van der Waals surface area contributed by atoms with Crippen molar-refractivity contribution in [1.29, 1.82) is 0 Å². The number of fused-ring (bicyclic) bond motifs is 1. The molecule has 0 unspecified atom stereocenters. The Bertz CT molecular complexity index is 570. The normalized spacial score (nSPS) is 27.5. The first kappa shape index (κ1) is 15.0. The van der Waals surface area contributed by atoms with E-state index in [0.29, 0.717) is 5.56 Å². The number of esters is 1. The van der Waals surface area contributed by atoms with E-state index in [0.717, 1.165) is 30.4 Å². The molecule has 1 amide bonds. The van der Waals surface area contributed by atoms with Gasteiger partial charge in [0.25, 0.3) is 0 Å². The van der Waals surface area contributed by atoms with Crippen LogP contribution in [0.1, 0.15) is 41.7 Å². The van der Waals surface area contributed by atoms with Crippen LogP contribution >= 0.6 is 0 Å². The highest BCUT2D eigenvalue weighted by Crippen LogP contribution is 2.44. The predicted molar refractivity (Wildman–Crippen MR) is 82.3 cm³/mol. The number of ether oxygens (including phenoxy) is 1. The summed E-state index contributed by atoms with van der Waals surface area (Å²) in [6.07, 6.45) is 2.21. The number of carbonyl (C=O) groups is 2. The Morgan fingerprint density at radius 3 is 2.59 bits per heavy atom. The smallest absolute Gasteiger partial charge is 0.337 e. The van der Waals surface area contributed by atoms with Crippen LogP contribution in [0.5, 0.6) is 0 Å². The summed E-state index contributed by atoms with van der Waals surface area (Å²) in [5.74, 6) is 1.25. The molecule has 2 aliphatic rings. The second kappa shape index (κ2) is 6.08. The van der Waals surface area contributed by atoms with Gasteiger partial charge in [-0.25, -0.2) is 4.79 Å². The van der Waals surface area contributed by atoms with Crippen molar-refractivity contribution in [2.75, 3.05) is 13.7 Å². The number of methoxy groups -OCH3 is 1. The van der Waals surface area contributed by atoms with E-state index >= 15 is 0 Å². The molecule has 4 atom stereocenters. The van der Waals surface area contributed by atoms with Gasteiger partial charge in [0.05, 0.1) is 24.8 Å². The molecule has 0 radical (unpaired) electrons. The third kappa shape index (κ3) is 3.14. The molecule has 5 nitrogen and oxygen atoms in total. The Hall–Kier alpha value is -1.88. The molecule has 1 saturated heterocycles. The third-order valence-corrected chi connectivity index (χ3v) is 4.74. The van der Waals surface area contributed by atoms with E-state index in [1.165, 1.54) is 13.5 Å². The van der Waals surface area contributed by atoms with Crippen molar-refractivity contribution in [3.05, 3.63) is 35.4 Å². The zero-order chi connectivity index (χ0) is 15.7. The summed E-state index contributed by atoms with van der Waals surface area (Å²) in [6, 6.07) is 6.98. The van der Waals surface area contributed by atoms with Gasteiger partial charge in [-0.15, -0.1) is 0 Å². The number of hydrogen-bond donors (Lipinski definition) is 2. The SMILES string of the molecule is COC(=O)c1ccc([C@H](C)NC(=O)[C@H]2C[C@H]3C[C@H]3CN2)cc1. The average molecular weight is 302 g/mol. The molecular weight excluding hydrogens is 280 g/mol. The fraction of sp³-hybridized carbons (Fsp3) is 0.529. The maximum Gasteiger partial charge on any atom is 0.337 e. The highest BCUT2D eigenvalue weighted by atomic mass is 16.5. The molecule has 1 heterocycles. The molecule has 118 valence electrons. The number of benzene rings is 1. The van der Waals surface area contributed by atoms with E-state index in [-0.39, 0.29) is 24.0 Å². The van der Waals surface area contributed by atoms with Crippen LogP contribution in [0.3, 0.4) is 0 Å². The van der Waals surface area contributed by atoms with Crippen molar-refractivity contribution >= 4 is 11.9 Å². The fourth-order valence-corrected chi connectivity index (χ4v) is 3.15. The van der Waals surface area contributed by atoms with Gasteiger partial charge in [-0.2, -0.15) is 0 Å². The van der Waals surface area contributed by atoms with Crippen molar-refractivity contribution < 1.29 is 14.3 Å². The van der Waals surface area contributed by atoms with E-state index in [1.54, 1.807) is 12.1 Å². The lowest BCUT2D eigenvalue weighted by Gasteiger charge is -2.24. The van der Waals surface area contributed by atoms with Gasteiger partial charge in [0.2, 0.25) is 5.91 Å². The molecule has 22 heavy (non-hydrogen) atoms. The molecule has 2 N–H and O–H groups in total. The largest absolute Gasteiger partial charge is 0.465 e. The molecule has 0 aromatic heterocycles. The molecule has 0 bridgehead atoms. The molecule has 1 aromatic rings. The first-order chi connectivity index (χ1) is 10.6. The van der Waals surface area contributed by atoms with Gasteiger partial charge in [0.1, 0.15) is 0 Å². The highest BCUT2D eigenvalue weighted by Gasteiger charge is 2.43. The summed E-state index contributed by atoms with van der Waals surface area (Å²) in [5, 5.41) is 6.38. The maximum atomic E-state index is 12.3. The van der Waals surface area contributed by atoms with Gasteiger partial charge >= 0.3 is 5.97 Å². The highest BCUT2D eigenvalue weighted by molar-refractivity contribution is 5.89. The molecule has 5 heteroatoms. The van der Waals surface area contributed by atoms with Gasteiger partial charge in [0.15, 0.2) is 0 Å². The monoisotopic (exact) mass is 302 g/mol. The lowest BCUT2D eigenvalue weighted by atomic mass is 10.0. The van der Waals surface area contributed by atoms with E-state index in [2.05, 4.69) is 15.4 Å². The number of carbonyl (C=O) groups excluding carboxylic acids is 2. The second-order valence-corrected chi connectivity index (χ2v) is 6.30. The van der Waals surface area contributed by atoms with Gasteiger partial charge in [-0.3, -0.25) is 4.79 Å². The van der Waals surface area contributed by atoms with Gasteiger partial charge in [0, 0.05) is 0 Å². The van der Waals surface area contributed by atoms with E-state index < -0.39 is 0 Å². The first-order valence-electron chi connectivity index (χ1n) is 7.80. The summed E-state index contributed by atoms with van der Waals surface area (Å²) in [6.45, 7) is 2.92. The number of rotatable bonds is 4. The average Bonchev–Trinajstić information content (AvgIpc) is 3.32. The minimum Gasteiger partial charge on any atom is -0.465 e. The lowest BCUT2D eigenvalue weighted by Crippen LogP contribution is -2.47. The number of hydrogen-bond acceptors (Lipinski definition) is 4. The fourth-order valence-electron chi connectivity index (χ4n) is 3.15. The van der Waals surface area contributed by atoms with Crippen molar-refractivity contribution in [3.63, 3.8) is 0 Å². The van der Waals surface area contributed by atoms with Crippen LogP contribution in [-0.4, -0.2) is 31.6 Å². The second-order valence-electron chi connectivity index (χ2n) is 6.30. The van der Waals surface area contributed by atoms with E-state index in [1.807, 2.05) is 19.1 Å². The van der Waals surface area contributed by atoms with Crippen LogP contribution in [0.2, 0.25) is 0 Å². The maximum absolute atomic E-state index is 12.3. The molecule has 1 aliphatic heterocycles. The van der Waals surface area contributed by atoms with Crippen LogP contribution in [0.4, 0.5) is 0 Å². The van der Waals surface area contributed by atoms with Gasteiger partial charge < -0.3 is 15.4 Å². The molecule has 1 aliphatic carbocycles. The third-order valence-electron chi connectivity index (χ3n) is 4.74. The summed E-state index contributed by atoms with van der Waals surface area (Å²) in [4.78, 5) is 23.7. The van der Waals surface area contributed by atoms with Crippen LogP contribution < -0.4 is 10.6 Å². The zero-order valence-electron chi connectivity index (χ0n) is 13.0. The summed E-state index contributed by atoms with van der Waals surface area (Å²) in [7, 11) is 1.36. The Kier molecular flexibility index (Phi) is 4.16. The van der Waals surface area contributed by atoms with Gasteiger partial charge in [-0.1, -0.05) is 12.1 Å². The molecule has 2 fully saturated rings. The molecule has 3 rings (SSSR count). The van der Waals surface area contributed by atoms with Crippen LogP contribution in [0.25, 0.3) is 0 Å². The molecule has 1 aromatic carbocycles. The van der Waals surface area contributed by atoms with E-state index in [4.69, 9.17) is 0 Å². The predicted octanol–water partition coefficient (Wildman–Crippen LogP) is 1.65. The molecule has 0 spiro atoms. The van der Waals surface area contributed by atoms with Crippen molar-refractivity contribution in [2.45, 2.75) is 31.8 Å². The lowest BCUT2D eigenvalue weighted by molar-refractivity contribution is -0.124. The Balaban J connectivity index is 1.57. The van der Waals surface area contributed by atoms with Crippen molar-refractivity contribution in [1.82, 2.24) is 10.6 Å². The van der Waals surface area contributed by atoms with Crippen LogP contribution in [-0.2, 0) is 9.53 Å². The molecule has 1 saturated carbocycles. The number of piperidine rings is 1. The Morgan fingerprint density at radius 2 is 1.95 bits per heavy atom. The summed E-state index contributed by atoms with van der Waals surface area (Å²) < 4.78 is 4.68. The molecular formula is C17H22N2O3. The van der Waals surface area contributed by atoms with Crippen molar-refractivity contribution in [2.24, 2.45) is 11.8 Å². The standard InChI is InChI=1S/C17H22N2O3/c1-10(11-3-5-12(6-4-11)17(21)22-2)19-16(20)15-8-13-7-14(13)9-18-15/h3-6,10,13-15,18H,7-9H2,1-2H3,(H,19,20)/t10-,13+,14-,15+/m0/s1. The minimum atomic E-state index is -0.353. The van der Waals surface area contributed by atoms with Crippen LogP contribution in [0.15, 0.2) is 24.3 Å². The van der Waals surface area contributed by atoms with E-state index in [9.17, 15) is 9.59 Å². The quantitative estimate of drug-likeness (QED) is 0.830. The van der Waals surface area contributed by atoms with Gasteiger partial charge in [-0.05, 0) is 55.8 Å². The summed E-state index contributed by atoms with van der Waals surface area (Å²) >= 11 is 0. The van der Waals surface area contributed by atoms with Crippen LogP contribution in [0, 0.1) is 11.8 Å². The summed E-state index contributed by atoms with van der Waals surface area (Å²) in [5.41, 5.74) is 1.49. The Morgan fingerprint density at radius 1 is 1.23 bits per heavy atom. The first-order valence-corrected chi connectivity index (χ1v) is 7.80.